The predicted octanol–water partition coefficient (Wildman–Crippen LogP) is 2.46. The van der Waals surface area contributed by atoms with E-state index in [4.69, 9.17) is 4.74 Å². The summed E-state index contributed by atoms with van der Waals surface area (Å²) in [6.07, 6.45) is -1.50. The first-order chi connectivity index (χ1) is 16.0. The average molecular weight is 480 g/mol. The molecule has 1 aliphatic heterocycles. The summed E-state index contributed by atoms with van der Waals surface area (Å²) in [5.74, 6) is 1.26. The Bertz CT molecular complexity index is 1060. The van der Waals surface area contributed by atoms with Crippen LogP contribution >= 0.6 is 0 Å². The van der Waals surface area contributed by atoms with E-state index in [2.05, 4.69) is 30.6 Å². The lowest BCUT2D eigenvalue weighted by Gasteiger charge is -2.42. The number of fused-ring (bicyclic) bond motifs is 1. The molecule has 184 valence electrons. The molecule has 1 unspecified atom stereocenters. The highest BCUT2D eigenvalue weighted by Gasteiger charge is 2.38. The summed E-state index contributed by atoms with van der Waals surface area (Å²) in [4.78, 5) is 32.7. The quantitative estimate of drug-likeness (QED) is 0.645. The van der Waals surface area contributed by atoms with E-state index in [-0.39, 0.29) is 24.1 Å². The summed E-state index contributed by atoms with van der Waals surface area (Å²) < 4.78 is 43.5. The topological polar surface area (TPSA) is 108 Å². The number of ether oxygens (including phenoxy) is 1. The van der Waals surface area contributed by atoms with Gasteiger partial charge < -0.3 is 25.2 Å². The fraction of sp³-hybridized carbons (Fsp3) is 0.571. The second kappa shape index (κ2) is 8.85. The van der Waals surface area contributed by atoms with Crippen molar-refractivity contribution in [3.05, 3.63) is 23.8 Å². The van der Waals surface area contributed by atoms with Gasteiger partial charge >= 0.3 is 6.18 Å². The summed E-state index contributed by atoms with van der Waals surface area (Å²) in [6.45, 7) is 3.63. The molecule has 13 heteroatoms. The largest absolute Gasteiger partial charge is 0.434 e. The van der Waals surface area contributed by atoms with Crippen LogP contribution in [0.1, 0.15) is 31.2 Å². The number of anilines is 4. The first-order valence-corrected chi connectivity index (χ1v) is 10.8. The van der Waals surface area contributed by atoms with Crippen molar-refractivity contribution in [2.24, 2.45) is 0 Å². The molecule has 0 spiro atoms. The van der Waals surface area contributed by atoms with Crippen molar-refractivity contribution >= 4 is 29.2 Å². The first-order valence-electron chi connectivity index (χ1n) is 10.8. The molecule has 10 nitrogen and oxygen atoms in total. The normalized spacial score (nSPS) is 23.0. The summed E-state index contributed by atoms with van der Waals surface area (Å²) in [6, 6.07) is -0.341. The predicted molar refractivity (Wildman–Crippen MR) is 120 cm³/mol. The second-order valence-electron chi connectivity index (χ2n) is 8.65. The van der Waals surface area contributed by atoms with Gasteiger partial charge in [0.05, 0.1) is 24.2 Å². The minimum atomic E-state index is -4.51. The molecule has 0 radical (unpaired) electrons. The monoisotopic (exact) mass is 480 g/mol. The van der Waals surface area contributed by atoms with Crippen molar-refractivity contribution < 1.29 is 22.7 Å². The molecule has 0 saturated heterocycles. The number of aryl methyl sites for hydroxylation is 1. The average Bonchev–Trinajstić information content (AvgIpc) is 2.75. The lowest BCUT2D eigenvalue weighted by molar-refractivity contribution is -0.141. The Morgan fingerprint density at radius 1 is 1.26 bits per heavy atom. The molecule has 2 aromatic heterocycles. The molecule has 1 amide bonds. The van der Waals surface area contributed by atoms with Crippen molar-refractivity contribution in [1.29, 1.82) is 0 Å². The molecule has 2 atom stereocenters. The standard InChI is InChI=1S/C21H27F3N8O2/c1-10-16-18(32(4)17(11(2)34-5)19(33)29-16)30-20(27-10)28-12-6-13(7-12)31(3)15-9-25-14(8-26-15)21(22,23)24/h8-9,11-13,17H,6-7H2,1-5H3,(H,29,33)(H,27,28,30)/t11?,12-,13-,17-/m0/s1. The Kier molecular flexibility index (Phi) is 6.23. The highest BCUT2D eigenvalue weighted by molar-refractivity contribution is 6.03. The summed E-state index contributed by atoms with van der Waals surface area (Å²) in [7, 11) is 5.14. The molecular weight excluding hydrogens is 453 g/mol. The number of amides is 1. The Balaban J connectivity index is 1.41. The third kappa shape index (κ3) is 4.43. The van der Waals surface area contributed by atoms with Gasteiger partial charge in [-0.25, -0.2) is 15.0 Å². The number of carbonyl (C=O) groups excluding carboxylic acids is 1. The molecule has 34 heavy (non-hydrogen) atoms. The van der Waals surface area contributed by atoms with Crippen LogP contribution in [0.25, 0.3) is 0 Å². The third-order valence-electron chi connectivity index (χ3n) is 6.44. The minimum Gasteiger partial charge on any atom is -0.379 e. The molecule has 2 N–H and O–H groups in total. The Labute approximate surface area is 194 Å². The number of likely N-dealkylation sites (N-methyl/N-ethyl adjacent to an activating group) is 1. The molecule has 4 rings (SSSR count). The van der Waals surface area contributed by atoms with Crippen molar-refractivity contribution in [2.45, 2.75) is 57.1 Å². The molecule has 2 aliphatic rings. The van der Waals surface area contributed by atoms with Gasteiger partial charge in [0.1, 0.15) is 17.5 Å². The number of nitrogens with zero attached hydrogens (tertiary/aromatic N) is 6. The van der Waals surface area contributed by atoms with Crippen LogP contribution in [-0.2, 0) is 15.7 Å². The van der Waals surface area contributed by atoms with Crippen LogP contribution in [0.2, 0.25) is 0 Å². The van der Waals surface area contributed by atoms with Crippen LogP contribution in [-0.4, -0.2) is 71.3 Å². The highest BCUT2D eigenvalue weighted by atomic mass is 19.4. The van der Waals surface area contributed by atoms with Crippen LogP contribution in [0.5, 0.6) is 0 Å². The number of alkyl halides is 3. The summed E-state index contributed by atoms with van der Waals surface area (Å²) >= 11 is 0. The van der Waals surface area contributed by atoms with Crippen LogP contribution in [0.4, 0.5) is 36.4 Å². The van der Waals surface area contributed by atoms with Crippen LogP contribution < -0.4 is 20.4 Å². The fourth-order valence-corrected chi connectivity index (χ4v) is 4.23. The van der Waals surface area contributed by atoms with Gasteiger partial charge in [0.25, 0.3) is 0 Å². The van der Waals surface area contributed by atoms with E-state index in [0.29, 0.717) is 29.0 Å². The smallest absolute Gasteiger partial charge is 0.379 e. The molecule has 0 aromatic carbocycles. The Morgan fingerprint density at radius 2 is 1.97 bits per heavy atom. The molecule has 2 aromatic rings. The first kappa shape index (κ1) is 23.9. The summed E-state index contributed by atoms with van der Waals surface area (Å²) in [5, 5.41) is 6.20. The summed E-state index contributed by atoms with van der Waals surface area (Å²) in [5.41, 5.74) is 0.204. The van der Waals surface area contributed by atoms with E-state index in [0.717, 1.165) is 25.2 Å². The minimum absolute atomic E-state index is 0.0875. The van der Waals surface area contributed by atoms with Crippen molar-refractivity contribution in [3.8, 4) is 0 Å². The van der Waals surface area contributed by atoms with Gasteiger partial charge in [0, 0.05) is 33.3 Å². The maximum atomic E-state index is 12.7. The molecule has 3 heterocycles. The zero-order chi connectivity index (χ0) is 24.8. The molecule has 1 saturated carbocycles. The maximum Gasteiger partial charge on any atom is 0.434 e. The lowest BCUT2D eigenvalue weighted by atomic mass is 9.86. The van der Waals surface area contributed by atoms with E-state index in [1.165, 1.54) is 0 Å². The maximum absolute atomic E-state index is 12.7. The molecule has 1 aliphatic carbocycles. The number of nitrogens with one attached hydrogen (secondary N) is 2. The van der Waals surface area contributed by atoms with Crippen LogP contribution in [0, 0.1) is 6.92 Å². The van der Waals surface area contributed by atoms with Gasteiger partial charge in [-0.1, -0.05) is 0 Å². The molecular formula is C21H27F3N8O2. The number of carbonyl (C=O) groups is 1. The van der Waals surface area contributed by atoms with Gasteiger partial charge in [-0.05, 0) is 26.7 Å². The van der Waals surface area contributed by atoms with Gasteiger partial charge in [0.2, 0.25) is 11.9 Å². The van der Waals surface area contributed by atoms with Crippen LogP contribution in [0.3, 0.4) is 0 Å². The van der Waals surface area contributed by atoms with E-state index >= 15 is 0 Å². The second-order valence-corrected chi connectivity index (χ2v) is 8.65. The molecule has 1 fully saturated rings. The Hall–Kier alpha value is -3.22. The SMILES string of the molecule is COC(C)[C@H]1C(=O)Nc2c(C)nc(N[C@H]3C[C@H](N(C)c4cnc(C(F)(F)F)cn4)C3)nc2N1C. The molecule has 0 bridgehead atoms. The number of rotatable bonds is 6. The van der Waals surface area contributed by atoms with E-state index in [9.17, 15) is 18.0 Å². The van der Waals surface area contributed by atoms with Crippen LogP contribution in [0.15, 0.2) is 12.4 Å². The van der Waals surface area contributed by atoms with Gasteiger partial charge in [-0.15, -0.1) is 0 Å². The van der Waals surface area contributed by atoms with E-state index < -0.39 is 17.9 Å². The van der Waals surface area contributed by atoms with E-state index in [1.807, 2.05) is 11.8 Å². The van der Waals surface area contributed by atoms with Crippen molar-refractivity contribution in [2.75, 3.05) is 41.6 Å². The fourth-order valence-electron chi connectivity index (χ4n) is 4.23. The third-order valence-corrected chi connectivity index (χ3v) is 6.44. The van der Waals surface area contributed by atoms with E-state index in [1.54, 1.807) is 33.0 Å². The van der Waals surface area contributed by atoms with Gasteiger partial charge in [0.15, 0.2) is 11.5 Å². The number of methoxy groups -OCH3 is 1. The lowest BCUT2D eigenvalue weighted by Crippen LogP contribution is -2.53. The van der Waals surface area contributed by atoms with Crippen molar-refractivity contribution in [1.82, 2.24) is 19.9 Å². The highest BCUT2D eigenvalue weighted by Crippen LogP contribution is 2.35. The van der Waals surface area contributed by atoms with Crippen molar-refractivity contribution in [3.63, 3.8) is 0 Å². The number of halogens is 3. The number of hydrogen-bond donors (Lipinski definition) is 2. The number of aromatic nitrogens is 4. The zero-order valence-corrected chi connectivity index (χ0v) is 19.5. The Morgan fingerprint density at radius 3 is 2.56 bits per heavy atom. The zero-order valence-electron chi connectivity index (χ0n) is 19.5. The number of hydrogen-bond acceptors (Lipinski definition) is 9. The van der Waals surface area contributed by atoms with Gasteiger partial charge in [-0.3, -0.25) is 4.79 Å². The van der Waals surface area contributed by atoms with Gasteiger partial charge in [-0.2, -0.15) is 18.2 Å².